The summed E-state index contributed by atoms with van der Waals surface area (Å²) in [6.07, 6.45) is 0. The molecule has 0 aliphatic rings. The number of amides is 1. The Bertz CT molecular complexity index is 1000. The predicted octanol–water partition coefficient (Wildman–Crippen LogP) is 3.50. The highest BCUT2D eigenvalue weighted by molar-refractivity contribution is 7.22. The summed E-state index contributed by atoms with van der Waals surface area (Å²) >= 11 is 1.44. The Labute approximate surface area is 187 Å². The predicted molar refractivity (Wildman–Crippen MR) is 125 cm³/mol. The van der Waals surface area contributed by atoms with E-state index in [2.05, 4.69) is 23.8 Å². The Morgan fingerprint density at radius 3 is 2.35 bits per heavy atom. The van der Waals surface area contributed by atoms with Crippen LogP contribution in [0.5, 0.6) is 11.5 Å². The third kappa shape index (κ3) is 4.99. The summed E-state index contributed by atoms with van der Waals surface area (Å²) in [6, 6.07) is 5.67. The highest BCUT2D eigenvalue weighted by atomic mass is 32.1. The second kappa shape index (κ2) is 10.1. The van der Waals surface area contributed by atoms with Crippen LogP contribution in [0.1, 0.15) is 25.2 Å². The van der Waals surface area contributed by atoms with E-state index in [1.165, 1.54) is 11.3 Å². The fourth-order valence-corrected chi connectivity index (χ4v) is 4.66. The second-order valence-corrected chi connectivity index (χ2v) is 8.28. The van der Waals surface area contributed by atoms with Crippen LogP contribution in [-0.2, 0) is 11.3 Å². The van der Waals surface area contributed by atoms with E-state index in [0.717, 1.165) is 35.7 Å². The summed E-state index contributed by atoms with van der Waals surface area (Å²) in [5.74, 6) is 1.33. The van der Waals surface area contributed by atoms with E-state index in [-0.39, 0.29) is 12.5 Å². The number of aromatic nitrogens is 3. The summed E-state index contributed by atoms with van der Waals surface area (Å²) in [7, 11) is 3.25. The van der Waals surface area contributed by atoms with Crippen molar-refractivity contribution in [3.8, 4) is 11.5 Å². The molecule has 0 spiro atoms. The average molecular weight is 446 g/mol. The lowest BCUT2D eigenvalue weighted by atomic mass is 10.3. The zero-order chi connectivity index (χ0) is 22.5. The smallest absolute Gasteiger partial charge is 0.250 e. The second-order valence-electron chi connectivity index (χ2n) is 7.30. The minimum absolute atomic E-state index is 0.0460. The van der Waals surface area contributed by atoms with Gasteiger partial charge in [0.1, 0.15) is 28.3 Å². The Morgan fingerprint density at radius 1 is 1.10 bits per heavy atom. The van der Waals surface area contributed by atoms with Crippen LogP contribution in [0.15, 0.2) is 18.2 Å². The van der Waals surface area contributed by atoms with Gasteiger partial charge in [-0.3, -0.25) is 14.4 Å². The van der Waals surface area contributed by atoms with Crippen molar-refractivity contribution in [3.63, 3.8) is 0 Å². The lowest BCUT2D eigenvalue weighted by Crippen LogP contribution is -2.40. The van der Waals surface area contributed by atoms with Crippen LogP contribution >= 0.6 is 11.3 Å². The lowest BCUT2D eigenvalue weighted by Gasteiger charge is -2.24. The summed E-state index contributed by atoms with van der Waals surface area (Å²) in [5, 5.41) is 5.09. The summed E-state index contributed by atoms with van der Waals surface area (Å²) in [4.78, 5) is 22.2. The zero-order valence-electron chi connectivity index (χ0n) is 19.1. The van der Waals surface area contributed by atoms with Crippen molar-refractivity contribution in [1.29, 1.82) is 0 Å². The third-order valence-electron chi connectivity index (χ3n) is 5.35. The van der Waals surface area contributed by atoms with Gasteiger partial charge in [0, 0.05) is 18.8 Å². The first-order valence-corrected chi connectivity index (χ1v) is 11.3. The molecule has 0 unspecified atom stereocenters. The van der Waals surface area contributed by atoms with Crippen molar-refractivity contribution in [2.24, 2.45) is 0 Å². The van der Waals surface area contributed by atoms with Crippen molar-refractivity contribution in [1.82, 2.24) is 19.7 Å². The van der Waals surface area contributed by atoms with Crippen molar-refractivity contribution in [3.05, 3.63) is 29.6 Å². The number of anilines is 1. The number of hydrogen-bond donors (Lipinski definition) is 0. The molecule has 0 aliphatic carbocycles. The number of nitrogens with zero attached hydrogens (tertiary/aromatic N) is 5. The van der Waals surface area contributed by atoms with Crippen molar-refractivity contribution in [2.75, 3.05) is 45.3 Å². The first-order valence-electron chi connectivity index (χ1n) is 10.5. The van der Waals surface area contributed by atoms with E-state index < -0.39 is 0 Å². The SMILES string of the molecule is CCN(CC)CCN(C(=O)Cn1nc(C)cc1C)c1nc2c(OC)ccc(OC)c2s1. The van der Waals surface area contributed by atoms with Crippen LogP contribution in [0.2, 0.25) is 0 Å². The average Bonchev–Trinajstić information content (AvgIpc) is 3.33. The molecule has 2 heterocycles. The van der Waals surface area contributed by atoms with E-state index >= 15 is 0 Å². The van der Waals surface area contributed by atoms with E-state index in [0.29, 0.717) is 28.7 Å². The quantitative estimate of drug-likeness (QED) is 0.476. The van der Waals surface area contributed by atoms with E-state index in [1.54, 1.807) is 23.8 Å². The molecule has 0 fully saturated rings. The number of thiazole rings is 1. The van der Waals surface area contributed by atoms with Crippen LogP contribution < -0.4 is 14.4 Å². The maximum absolute atomic E-state index is 13.4. The van der Waals surface area contributed by atoms with Gasteiger partial charge in [0.15, 0.2) is 5.13 Å². The van der Waals surface area contributed by atoms with Gasteiger partial charge in [0.05, 0.1) is 19.9 Å². The number of rotatable bonds is 10. The number of methoxy groups -OCH3 is 2. The molecule has 9 heteroatoms. The van der Waals surface area contributed by atoms with E-state index in [4.69, 9.17) is 14.5 Å². The lowest BCUT2D eigenvalue weighted by molar-refractivity contribution is -0.119. The van der Waals surface area contributed by atoms with Gasteiger partial charge in [0.2, 0.25) is 0 Å². The number of aryl methyl sites for hydroxylation is 2. The molecule has 2 aromatic heterocycles. The summed E-state index contributed by atoms with van der Waals surface area (Å²) in [6.45, 7) is 11.5. The molecular formula is C22H31N5O3S. The molecule has 0 radical (unpaired) electrons. The molecule has 1 amide bonds. The zero-order valence-corrected chi connectivity index (χ0v) is 20.0. The summed E-state index contributed by atoms with van der Waals surface area (Å²) < 4.78 is 13.6. The van der Waals surface area contributed by atoms with Gasteiger partial charge in [-0.2, -0.15) is 5.10 Å². The molecule has 3 aromatic rings. The molecule has 0 aliphatic heterocycles. The maximum atomic E-state index is 13.4. The van der Waals surface area contributed by atoms with Gasteiger partial charge in [-0.05, 0) is 45.1 Å². The summed E-state index contributed by atoms with van der Waals surface area (Å²) in [5.41, 5.74) is 2.56. The molecule has 0 saturated carbocycles. The monoisotopic (exact) mass is 445 g/mol. The first kappa shape index (κ1) is 23.0. The van der Waals surface area contributed by atoms with Gasteiger partial charge < -0.3 is 14.4 Å². The number of carbonyl (C=O) groups excluding carboxylic acids is 1. The van der Waals surface area contributed by atoms with Gasteiger partial charge in [-0.1, -0.05) is 25.2 Å². The van der Waals surface area contributed by atoms with E-state index in [9.17, 15) is 4.79 Å². The number of fused-ring (bicyclic) bond motifs is 1. The number of hydrogen-bond acceptors (Lipinski definition) is 7. The van der Waals surface area contributed by atoms with Gasteiger partial charge in [0.25, 0.3) is 5.91 Å². The molecule has 8 nitrogen and oxygen atoms in total. The largest absolute Gasteiger partial charge is 0.495 e. The van der Waals surface area contributed by atoms with Crippen molar-refractivity contribution < 1.29 is 14.3 Å². The van der Waals surface area contributed by atoms with Crippen LogP contribution in [0.25, 0.3) is 10.2 Å². The molecule has 0 atom stereocenters. The Kier molecular flexibility index (Phi) is 7.50. The fourth-order valence-electron chi connectivity index (χ4n) is 3.55. The van der Waals surface area contributed by atoms with Crippen LogP contribution in [0.3, 0.4) is 0 Å². The van der Waals surface area contributed by atoms with Crippen LogP contribution in [-0.4, -0.2) is 66.0 Å². The number of benzene rings is 1. The molecule has 3 rings (SSSR count). The molecule has 168 valence electrons. The molecule has 1 aromatic carbocycles. The molecule has 0 saturated heterocycles. The first-order chi connectivity index (χ1) is 14.9. The Hall–Kier alpha value is -2.65. The molecular weight excluding hydrogens is 414 g/mol. The van der Waals surface area contributed by atoms with Gasteiger partial charge in [-0.15, -0.1) is 0 Å². The third-order valence-corrected chi connectivity index (χ3v) is 6.45. The number of carbonyl (C=O) groups is 1. The van der Waals surface area contributed by atoms with Crippen LogP contribution in [0.4, 0.5) is 5.13 Å². The Morgan fingerprint density at radius 2 is 1.77 bits per heavy atom. The molecule has 0 N–H and O–H groups in total. The number of ether oxygens (including phenoxy) is 2. The van der Waals surface area contributed by atoms with Gasteiger partial charge >= 0.3 is 0 Å². The minimum Gasteiger partial charge on any atom is -0.495 e. The van der Waals surface area contributed by atoms with Crippen molar-refractivity contribution >= 4 is 32.6 Å². The highest BCUT2D eigenvalue weighted by Crippen LogP contribution is 2.40. The standard InChI is InChI=1S/C22H31N5O3S/c1-7-25(8-2)11-12-26(19(28)14-27-16(4)13-15(3)24-27)22-23-20-17(29-5)9-10-18(30-6)21(20)31-22/h9-10,13H,7-8,11-12,14H2,1-6H3. The van der Waals surface area contributed by atoms with Crippen LogP contribution in [0, 0.1) is 13.8 Å². The number of likely N-dealkylation sites (N-methyl/N-ethyl adjacent to an activating group) is 1. The van der Waals surface area contributed by atoms with Crippen molar-refractivity contribution in [2.45, 2.75) is 34.2 Å². The molecule has 0 bridgehead atoms. The molecule has 31 heavy (non-hydrogen) atoms. The van der Waals surface area contributed by atoms with Gasteiger partial charge in [-0.25, -0.2) is 4.98 Å². The topological polar surface area (TPSA) is 72.7 Å². The fraction of sp³-hybridized carbons (Fsp3) is 0.500. The minimum atomic E-state index is -0.0460. The maximum Gasteiger partial charge on any atom is 0.250 e. The highest BCUT2D eigenvalue weighted by Gasteiger charge is 2.24. The normalized spacial score (nSPS) is 11.3. The Balaban J connectivity index is 1.98. The van der Waals surface area contributed by atoms with E-state index in [1.807, 2.05) is 32.0 Å².